The fraction of sp³-hybridized carbons (Fsp3) is 1.00. The van der Waals surface area contributed by atoms with Crippen molar-refractivity contribution in [3.05, 3.63) is 0 Å². The zero-order valence-corrected chi connectivity index (χ0v) is 8.87. The standard InChI is InChI=1S/C10H22N2O2/c13-8-4-2-1-3-5-11-12-6-9-14-10-7-12/h11,13H,1-10H2. The third-order valence-corrected chi connectivity index (χ3v) is 2.43. The zero-order chi connectivity index (χ0) is 10.1. The summed E-state index contributed by atoms with van der Waals surface area (Å²) in [5, 5.41) is 10.8. The summed E-state index contributed by atoms with van der Waals surface area (Å²) < 4.78 is 5.25. The first-order valence-corrected chi connectivity index (χ1v) is 5.60. The Morgan fingerprint density at radius 1 is 1.07 bits per heavy atom. The van der Waals surface area contributed by atoms with E-state index >= 15 is 0 Å². The molecule has 0 atom stereocenters. The Kier molecular flexibility index (Phi) is 6.95. The van der Waals surface area contributed by atoms with Crippen LogP contribution in [-0.4, -0.2) is 49.6 Å². The van der Waals surface area contributed by atoms with Crippen molar-refractivity contribution in [2.75, 3.05) is 39.5 Å². The highest BCUT2D eigenvalue weighted by Gasteiger charge is 2.08. The normalized spacial score (nSPS) is 18.6. The van der Waals surface area contributed by atoms with Crippen molar-refractivity contribution in [2.24, 2.45) is 0 Å². The van der Waals surface area contributed by atoms with Crippen molar-refractivity contribution in [3.63, 3.8) is 0 Å². The molecule has 4 heteroatoms. The van der Waals surface area contributed by atoms with Gasteiger partial charge in [0, 0.05) is 26.2 Å². The number of hydrogen-bond acceptors (Lipinski definition) is 4. The highest BCUT2D eigenvalue weighted by atomic mass is 16.5. The molecule has 14 heavy (non-hydrogen) atoms. The summed E-state index contributed by atoms with van der Waals surface area (Å²) >= 11 is 0. The van der Waals surface area contributed by atoms with Crippen LogP contribution in [0.25, 0.3) is 0 Å². The predicted molar refractivity (Wildman–Crippen MR) is 55.9 cm³/mol. The molecule has 0 spiro atoms. The molecule has 1 aliphatic heterocycles. The van der Waals surface area contributed by atoms with Crippen LogP contribution in [0, 0.1) is 0 Å². The van der Waals surface area contributed by atoms with Gasteiger partial charge in [-0.3, -0.25) is 5.43 Å². The molecule has 0 unspecified atom stereocenters. The van der Waals surface area contributed by atoms with Gasteiger partial charge in [0.15, 0.2) is 0 Å². The number of aliphatic hydroxyl groups is 1. The first-order valence-electron chi connectivity index (χ1n) is 5.60. The SMILES string of the molecule is OCCCCCCNN1CCOCC1. The van der Waals surface area contributed by atoms with Crippen LogP contribution < -0.4 is 5.43 Å². The van der Waals surface area contributed by atoms with E-state index in [-0.39, 0.29) is 0 Å². The van der Waals surface area contributed by atoms with Crippen molar-refractivity contribution < 1.29 is 9.84 Å². The molecule has 1 heterocycles. The Labute approximate surface area is 86.2 Å². The van der Waals surface area contributed by atoms with Crippen LogP contribution in [0.5, 0.6) is 0 Å². The topological polar surface area (TPSA) is 44.7 Å². The van der Waals surface area contributed by atoms with Gasteiger partial charge in [-0.25, -0.2) is 5.01 Å². The molecule has 0 aromatic heterocycles. The molecule has 84 valence electrons. The number of nitrogens with one attached hydrogen (secondary N) is 1. The molecule has 0 aromatic rings. The Morgan fingerprint density at radius 2 is 1.79 bits per heavy atom. The zero-order valence-electron chi connectivity index (χ0n) is 8.87. The minimum Gasteiger partial charge on any atom is -0.396 e. The monoisotopic (exact) mass is 202 g/mol. The highest BCUT2D eigenvalue weighted by molar-refractivity contribution is 4.57. The average molecular weight is 202 g/mol. The van der Waals surface area contributed by atoms with Crippen molar-refractivity contribution in [3.8, 4) is 0 Å². The van der Waals surface area contributed by atoms with Crippen LogP contribution in [0.3, 0.4) is 0 Å². The van der Waals surface area contributed by atoms with Gasteiger partial charge in [0.2, 0.25) is 0 Å². The summed E-state index contributed by atoms with van der Waals surface area (Å²) in [6.45, 7) is 5.06. The second-order valence-electron chi connectivity index (χ2n) is 3.65. The summed E-state index contributed by atoms with van der Waals surface area (Å²) in [6, 6.07) is 0. The highest BCUT2D eigenvalue weighted by Crippen LogP contribution is 1.98. The van der Waals surface area contributed by atoms with Gasteiger partial charge in [0.25, 0.3) is 0 Å². The molecule has 4 nitrogen and oxygen atoms in total. The lowest BCUT2D eigenvalue weighted by Gasteiger charge is -2.27. The number of nitrogens with zero attached hydrogens (tertiary/aromatic N) is 1. The van der Waals surface area contributed by atoms with Gasteiger partial charge in [-0.1, -0.05) is 12.8 Å². The number of hydrogen-bond donors (Lipinski definition) is 2. The maximum atomic E-state index is 8.59. The van der Waals surface area contributed by atoms with E-state index in [1.54, 1.807) is 0 Å². The molecule has 0 amide bonds. The third kappa shape index (κ3) is 5.54. The van der Waals surface area contributed by atoms with Crippen LogP contribution in [0.1, 0.15) is 25.7 Å². The van der Waals surface area contributed by atoms with Crippen LogP contribution in [0.15, 0.2) is 0 Å². The maximum absolute atomic E-state index is 8.59. The second-order valence-corrected chi connectivity index (χ2v) is 3.65. The molecule has 2 N–H and O–H groups in total. The maximum Gasteiger partial charge on any atom is 0.0608 e. The summed E-state index contributed by atoms with van der Waals surface area (Å²) in [7, 11) is 0. The van der Waals surface area contributed by atoms with Crippen molar-refractivity contribution >= 4 is 0 Å². The first-order chi connectivity index (χ1) is 6.93. The lowest BCUT2D eigenvalue weighted by Crippen LogP contribution is -2.45. The molecule has 0 aromatic carbocycles. The lowest BCUT2D eigenvalue weighted by molar-refractivity contribution is 0.0118. The molecule has 0 bridgehead atoms. The fourth-order valence-electron chi connectivity index (χ4n) is 1.55. The third-order valence-electron chi connectivity index (χ3n) is 2.43. The number of hydrazine groups is 1. The van der Waals surface area contributed by atoms with Gasteiger partial charge in [0.05, 0.1) is 13.2 Å². The smallest absolute Gasteiger partial charge is 0.0608 e. The van der Waals surface area contributed by atoms with Crippen molar-refractivity contribution in [1.82, 2.24) is 10.4 Å². The van der Waals surface area contributed by atoms with E-state index in [1.807, 2.05) is 0 Å². The van der Waals surface area contributed by atoms with Gasteiger partial charge >= 0.3 is 0 Å². The van der Waals surface area contributed by atoms with Crippen LogP contribution in [0.2, 0.25) is 0 Å². The molecule has 0 radical (unpaired) electrons. The van der Waals surface area contributed by atoms with Crippen LogP contribution in [-0.2, 0) is 4.74 Å². The Bertz CT molecular complexity index is 127. The van der Waals surface area contributed by atoms with E-state index < -0.39 is 0 Å². The van der Waals surface area contributed by atoms with E-state index in [2.05, 4.69) is 10.4 Å². The Balaban J connectivity index is 1.82. The molecule has 1 saturated heterocycles. The number of rotatable bonds is 7. The van der Waals surface area contributed by atoms with Crippen molar-refractivity contribution in [1.29, 1.82) is 0 Å². The van der Waals surface area contributed by atoms with Gasteiger partial charge in [-0.15, -0.1) is 0 Å². The number of morpholine rings is 1. The Morgan fingerprint density at radius 3 is 2.50 bits per heavy atom. The minimum atomic E-state index is 0.330. The lowest BCUT2D eigenvalue weighted by atomic mass is 10.2. The van der Waals surface area contributed by atoms with E-state index in [1.165, 1.54) is 12.8 Å². The van der Waals surface area contributed by atoms with Crippen LogP contribution in [0.4, 0.5) is 0 Å². The fourth-order valence-corrected chi connectivity index (χ4v) is 1.55. The molecule has 1 fully saturated rings. The molecular formula is C10H22N2O2. The van der Waals surface area contributed by atoms with E-state index in [9.17, 15) is 0 Å². The summed E-state index contributed by atoms with van der Waals surface area (Å²) in [5.41, 5.74) is 3.39. The predicted octanol–water partition coefficient (Wildman–Crippen LogP) is 0.376. The minimum absolute atomic E-state index is 0.330. The molecule has 0 saturated carbocycles. The quantitative estimate of drug-likeness (QED) is 0.586. The molecular weight excluding hydrogens is 180 g/mol. The van der Waals surface area contributed by atoms with Crippen molar-refractivity contribution in [2.45, 2.75) is 25.7 Å². The summed E-state index contributed by atoms with van der Waals surface area (Å²) in [5.74, 6) is 0. The van der Waals surface area contributed by atoms with Gasteiger partial charge in [0.1, 0.15) is 0 Å². The molecule has 0 aliphatic carbocycles. The first kappa shape index (κ1) is 11.9. The van der Waals surface area contributed by atoms with Crippen LogP contribution >= 0.6 is 0 Å². The largest absolute Gasteiger partial charge is 0.396 e. The molecule has 1 rings (SSSR count). The van der Waals surface area contributed by atoms with Gasteiger partial charge in [-0.2, -0.15) is 0 Å². The summed E-state index contributed by atoms with van der Waals surface area (Å²) in [4.78, 5) is 0. The summed E-state index contributed by atoms with van der Waals surface area (Å²) in [6.07, 6.45) is 4.48. The number of ether oxygens (including phenoxy) is 1. The van der Waals surface area contributed by atoms with Gasteiger partial charge < -0.3 is 9.84 Å². The average Bonchev–Trinajstić information content (AvgIpc) is 2.25. The van der Waals surface area contributed by atoms with Gasteiger partial charge in [-0.05, 0) is 12.8 Å². The second kappa shape index (κ2) is 8.17. The number of unbranched alkanes of at least 4 members (excludes halogenated alkanes) is 3. The van der Waals surface area contributed by atoms with E-state index in [0.29, 0.717) is 6.61 Å². The number of aliphatic hydroxyl groups excluding tert-OH is 1. The van der Waals surface area contributed by atoms with E-state index in [0.717, 1.165) is 45.7 Å². The van der Waals surface area contributed by atoms with E-state index in [4.69, 9.17) is 9.84 Å². The Hall–Kier alpha value is -0.160. The molecule has 1 aliphatic rings.